The predicted molar refractivity (Wildman–Crippen MR) is 52.7 cm³/mol. The van der Waals surface area contributed by atoms with Crippen molar-refractivity contribution >= 4 is 5.91 Å². The summed E-state index contributed by atoms with van der Waals surface area (Å²) in [5, 5.41) is 2.89. The Balaban J connectivity index is 2.00. The number of aromatic nitrogens is 2. The third kappa shape index (κ3) is 1.69. The Labute approximate surface area is 82.6 Å². The van der Waals surface area contributed by atoms with Crippen molar-refractivity contribution in [2.45, 2.75) is 25.4 Å². The number of hydrogen-bond donors (Lipinski definition) is 1. The molecule has 0 spiro atoms. The third-order valence-electron chi connectivity index (χ3n) is 2.50. The van der Waals surface area contributed by atoms with Crippen LogP contribution in [0.4, 0.5) is 0 Å². The van der Waals surface area contributed by atoms with Crippen LogP contribution in [0, 0.1) is 0 Å². The summed E-state index contributed by atoms with van der Waals surface area (Å²) in [4.78, 5) is 15.1. The summed E-state index contributed by atoms with van der Waals surface area (Å²) in [7, 11) is 0. The Morgan fingerprint density at radius 2 is 2.64 bits per heavy atom. The lowest BCUT2D eigenvalue weighted by atomic mass is 10.1. The number of nitrogens with zero attached hydrogens (tertiary/aromatic N) is 2. The van der Waals surface area contributed by atoms with E-state index in [-0.39, 0.29) is 11.9 Å². The van der Waals surface area contributed by atoms with Gasteiger partial charge in [-0.2, -0.15) is 0 Å². The number of carbonyl (C=O) groups excluding carboxylic acids is 1. The molecule has 1 aliphatic rings. The van der Waals surface area contributed by atoms with E-state index in [4.69, 9.17) is 0 Å². The zero-order chi connectivity index (χ0) is 9.97. The molecule has 0 fully saturated rings. The molecule has 4 heteroatoms. The van der Waals surface area contributed by atoms with E-state index in [9.17, 15) is 4.79 Å². The van der Waals surface area contributed by atoms with Crippen LogP contribution in [-0.2, 0) is 17.8 Å². The maximum absolute atomic E-state index is 11.1. The number of amides is 1. The lowest BCUT2D eigenvalue weighted by Crippen LogP contribution is -2.39. The first-order chi connectivity index (χ1) is 6.79. The van der Waals surface area contributed by atoms with Gasteiger partial charge in [-0.3, -0.25) is 4.79 Å². The number of carbonyl (C=O) groups is 1. The summed E-state index contributed by atoms with van der Waals surface area (Å²) < 4.78 is 2.08. The van der Waals surface area contributed by atoms with Crippen molar-refractivity contribution in [1.29, 1.82) is 0 Å². The van der Waals surface area contributed by atoms with E-state index in [0.717, 1.165) is 19.4 Å². The standard InChI is InChI=1S/C10H13N3O/c1-2-10(14)12-8-3-4-9-5-11-7-13(9)6-8/h2,5,7-8H,1,3-4,6H2,(H,12,14). The molecule has 0 radical (unpaired) electrons. The number of hydrogen-bond acceptors (Lipinski definition) is 2. The number of rotatable bonds is 2. The van der Waals surface area contributed by atoms with Gasteiger partial charge in [0.15, 0.2) is 0 Å². The van der Waals surface area contributed by atoms with Gasteiger partial charge in [0.05, 0.1) is 6.33 Å². The Morgan fingerprint density at radius 3 is 3.43 bits per heavy atom. The van der Waals surface area contributed by atoms with Crippen LogP contribution in [0.2, 0.25) is 0 Å². The van der Waals surface area contributed by atoms with Gasteiger partial charge in [-0.15, -0.1) is 0 Å². The quantitative estimate of drug-likeness (QED) is 0.692. The van der Waals surface area contributed by atoms with E-state index in [1.807, 2.05) is 12.5 Å². The summed E-state index contributed by atoms with van der Waals surface area (Å²) in [6, 6.07) is 0.210. The molecule has 1 amide bonds. The molecule has 1 aromatic rings. The second-order valence-corrected chi connectivity index (χ2v) is 3.49. The number of fused-ring (bicyclic) bond motifs is 1. The minimum atomic E-state index is -0.0986. The average Bonchev–Trinajstić information content (AvgIpc) is 2.64. The predicted octanol–water partition coefficient (Wildman–Crippen LogP) is 0.500. The maximum Gasteiger partial charge on any atom is 0.243 e. The lowest BCUT2D eigenvalue weighted by Gasteiger charge is -2.24. The van der Waals surface area contributed by atoms with Gasteiger partial charge in [0.1, 0.15) is 0 Å². The first kappa shape index (κ1) is 8.99. The number of aryl methyl sites for hydroxylation is 1. The van der Waals surface area contributed by atoms with Crippen molar-refractivity contribution in [3.63, 3.8) is 0 Å². The highest BCUT2D eigenvalue weighted by atomic mass is 16.1. The van der Waals surface area contributed by atoms with Gasteiger partial charge in [0.25, 0.3) is 0 Å². The van der Waals surface area contributed by atoms with Crippen LogP contribution >= 0.6 is 0 Å². The lowest BCUT2D eigenvalue weighted by molar-refractivity contribution is -0.117. The van der Waals surface area contributed by atoms with E-state index < -0.39 is 0 Å². The topological polar surface area (TPSA) is 46.9 Å². The molecule has 0 saturated heterocycles. The molecular formula is C10H13N3O. The van der Waals surface area contributed by atoms with Crippen LogP contribution in [0.5, 0.6) is 0 Å². The van der Waals surface area contributed by atoms with Crippen molar-refractivity contribution in [3.05, 3.63) is 30.9 Å². The van der Waals surface area contributed by atoms with Gasteiger partial charge in [-0.1, -0.05) is 6.58 Å². The molecule has 0 aliphatic carbocycles. The van der Waals surface area contributed by atoms with Crippen LogP contribution in [0.25, 0.3) is 0 Å². The van der Waals surface area contributed by atoms with E-state index in [0.29, 0.717) is 0 Å². The Morgan fingerprint density at radius 1 is 1.79 bits per heavy atom. The SMILES string of the molecule is C=CC(=O)NC1CCc2cncn2C1. The van der Waals surface area contributed by atoms with E-state index in [1.54, 1.807) is 0 Å². The number of nitrogens with one attached hydrogen (secondary N) is 1. The van der Waals surface area contributed by atoms with Crippen molar-refractivity contribution in [2.75, 3.05) is 0 Å². The second kappa shape index (κ2) is 3.65. The van der Waals surface area contributed by atoms with Crippen molar-refractivity contribution < 1.29 is 4.79 Å². The van der Waals surface area contributed by atoms with Crippen LogP contribution in [0.3, 0.4) is 0 Å². The summed E-state index contributed by atoms with van der Waals surface area (Å²) in [5.41, 5.74) is 1.24. The monoisotopic (exact) mass is 191 g/mol. The van der Waals surface area contributed by atoms with Gasteiger partial charge in [0, 0.05) is 24.5 Å². The van der Waals surface area contributed by atoms with Crippen molar-refractivity contribution in [3.8, 4) is 0 Å². The molecule has 1 N–H and O–H groups in total. The molecule has 1 atom stereocenters. The molecule has 0 saturated carbocycles. The second-order valence-electron chi connectivity index (χ2n) is 3.49. The molecule has 0 bridgehead atoms. The molecule has 1 aromatic heterocycles. The fourth-order valence-electron chi connectivity index (χ4n) is 1.75. The van der Waals surface area contributed by atoms with Gasteiger partial charge < -0.3 is 9.88 Å². The molecule has 2 heterocycles. The summed E-state index contributed by atoms with van der Waals surface area (Å²) in [6.07, 6.45) is 6.95. The van der Waals surface area contributed by atoms with Gasteiger partial charge in [-0.25, -0.2) is 4.98 Å². The molecule has 1 aliphatic heterocycles. The fraction of sp³-hybridized carbons (Fsp3) is 0.400. The zero-order valence-electron chi connectivity index (χ0n) is 7.94. The van der Waals surface area contributed by atoms with Crippen LogP contribution in [0.15, 0.2) is 25.2 Å². The number of imidazole rings is 1. The Bertz CT molecular complexity index is 356. The highest BCUT2D eigenvalue weighted by Gasteiger charge is 2.18. The molecular weight excluding hydrogens is 178 g/mol. The highest BCUT2D eigenvalue weighted by molar-refractivity contribution is 5.87. The normalized spacial score (nSPS) is 19.9. The molecule has 1 unspecified atom stereocenters. The van der Waals surface area contributed by atoms with Crippen molar-refractivity contribution in [2.24, 2.45) is 0 Å². The smallest absolute Gasteiger partial charge is 0.243 e. The molecule has 0 aromatic carbocycles. The summed E-state index contributed by atoms with van der Waals surface area (Å²) in [5.74, 6) is -0.0986. The minimum absolute atomic E-state index is 0.0986. The summed E-state index contributed by atoms with van der Waals surface area (Å²) in [6.45, 7) is 4.24. The minimum Gasteiger partial charge on any atom is -0.348 e. The van der Waals surface area contributed by atoms with Crippen LogP contribution in [0.1, 0.15) is 12.1 Å². The highest BCUT2D eigenvalue weighted by Crippen LogP contribution is 2.13. The average molecular weight is 191 g/mol. The first-order valence-electron chi connectivity index (χ1n) is 4.71. The molecule has 14 heavy (non-hydrogen) atoms. The molecule has 2 rings (SSSR count). The van der Waals surface area contributed by atoms with Crippen molar-refractivity contribution in [1.82, 2.24) is 14.9 Å². The zero-order valence-corrected chi connectivity index (χ0v) is 7.94. The summed E-state index contributed by atoms with van der Waals surface area (Å²) >= 11 is 0. The molecule has 4 nitrogen and oxygen atoms in total. The van der Waals surface area contributed by atoms with E-state index in [1.165, 1.54) is 11.8 Å². The largest absolute Gasteiger partial charge is 0.348 e. The van der Waals surface area contributed by atoms with Gasteiger partial charge >= 0.3 is 0 Å². The Kier molecular flexibility index (Phi) is 2.35. The van der Waals surface area contributed by atoms with Gasteiger partial charge in [0.2, 0.25) is 5.91 Å². The maximum atomic E-state index is 11.1. The van der Waals surface area contributed by atoms with Crippen LogP contribution < -0.4 is 5.32 Å². The third-order valence-corrected chi connectivity index (χ3v) is 2.50. The first-order valence-corrected chi connectivity index (χ1v) is 4.71. The fourth-order valence-corrected chi connectivity index (χ4v) is 1.75. The van der Waals surface area contributed by atoms with E-state index in [2.05, 4.69) is 21.4 Å². The molecule has 74 valence electrons. The van der Waals surface area contributed by atoms with Crippen LogP contribution in [-0.4, -0.2) is 21.5 Å². The van der Waals surface area contributed by atoms with E-state index >= 15 is 0 Å². The van der Waals surface area contributed by atoms with Gasteiger partial charge in [-0.05, 0) is 18.9 Å². The Hall–Kier alpha value is -1.58.